The molecule has 0 aliphatic heterocycles. The van der Waals surface area contributed by atoms with E-state index in [4.69, 9.17) is 12.2 Å². The molecule has 2 aromatic carbocycles. The summed E-state index contributed by atoms with van der Waals surface area (Å²) in [6, 6.07) is 11.6. The average molecular weight is 362 g/mol. The number of nitrogens with one attached hydrogen (secondary N) is 3. The number of hydrogen-bond donors (Lipinski definition) is 3. The zero-order valence-corrected chi connectivity index (χ0v) is 13.8. The third kappa shape index (κ3) is 6.15. The molecule has 0 aliphatic carbocycles. The van der Waals surface area contributed by atoms with Crippen molar-refractivity contribution in [2.75, 3.05) is 0 Å². The van der Waals surface area contributed by atoms with Gasteiger partial charge in [0.05, 0.1) is 11.3 Å². The number of carbonyl (C=O) groups excluding carboxylic acids is 1. The van der Waals surface area contributed by atoms with Crippen LogP contribution >= 0.6 is 12.2 Å². The highest BCUT2D eigenvalue weighted by molar-refractivity contribution is 7.80. The summed E-state index contributed by atoms with van der Waals surface area (Å²) in [5.74, 6) is -0.664. The van der Waals surface area contributed by atoms with Crippen molar-refractivity contribution < 1.29 is 14.1 Å². The lowest BCUT2D eigenvalue weighted by molar-refractivity contribution is -0.384. The van der Waals surface area contributed by atoms with Crippen LogP contribution in [0.4, 0.5) is 10.1 Å². The summed E-state index contributed by atoms with van der Waals surface area (Å²) in [7, 11) is 0. The molecule has 130 valence electrons. The zero-order valence-electron chi connectivity index (χ0n) is 13.0. The Morgan fingerprint density at radius 2 is 1.64 bits per heavy atom. The third-order valence-electron chi connectivity index (χ3n) is 3.19. The molecular weight excluding hydrogens is 347 g/mol. The van der Waals surface area contributed by atoms with E-state index < -0.39 is 4.92 Å². The van der Waals surface area contributed by atoms with Crippen LogP contribution in [0.15, 0.2) is 48.5 Å². The molecular formula is C16H15FN4O3S. The molecule has 2 aromatic rings. The van der Waals surface area contributed by atoms with E-state index in [0.29, 0.717) is 12.1 Å². The fourth-order valence-electron chi connectivity index (χ4n) is 1.92. The van der Waals surface area contributed by atoms with Crippen molar-refractivity contribution >= 4 is 28.9 Å². The molecule has 25 heavy (non-hydrogen) atoms. The second kappa shape index (κ2) is 8.69. The molecule has 0 unspecified atom stereocenters. The summed E-state index contributed by atoms with van der Waals surface area (Å²) in [6.07, 6.45) is 0.0472. The Hall–Kier alpha value is -3.07. The Labute approximate surface area is 148 Å². The van der Waals surface area contributed by atoms with E-state index in [-0.39, 0.29) is 28.9 Å². The lowest BCUT2D eigenvalue weighted by atomic mass is 10.1. The van der Waals surface area contributed by atoms with Gasteiger partial charge in [-0.2, -0.15) is 0 Å². The van der Waals surface area contributed by atoms with Crippen molar-refractivity contribution in [2.45, 2.75) is 13.0 Å². The summed E-state index contributed by atoms with van der Waals surface area (Å²) in [6.45, 7) is 0.379. The summed E-state index contributed by atoms with van der Waals surface area (Å²) in [5, 5.41) is 13.6. The first kappa shape index (κ1) is 18.3. The van der Waals surface area contributed by atoms with Gasteiger partial charge in [0, 0.05) is 18.7 Å². The number of non-ortho nitro benzene ring substituents is 1. The smallest absolute Gasteiger partial charge is 0.269 e. The second-order valence-corrected chi connectivity index (χ2v) is 5.49. The lowest BCUT2D eigenvalue weighted by Gasteiger charge is -2.11. The van der Waals surface area contributed by atoms with Crippen LogP contribution in [0, 0.1) is 15.9 Å². The van der Waals surface area contributed by atoms with Crippen LogP contribution in [-0.4, -0.2) is 15.9 Å². The lowest BCUT2D eigenvalue weighted by Crippen LogP contribution is -2.47. The number of benzene rings is 2. The van der Waals surface area contributed by atoms with Gasteiger partial charge in [0.15, 0.2) is 5.11 Å². The van der Waals surface area contributed by atoms with Gasteiger partial charge in [-0.15, -0.1) is 0 Å². The van der Waals surface area contributed by atoms with Crippen LogP contribution in [0.3, 0.4) is 0 Å². The quantitative estimate of drug-likeness (QED) is 0.428. The zero-order chi connectivity index (χ0) is 18.2. The fraction of sp³-hybridized carbons (Fsp3) is 0.125. The number of halogens is 1. The Kier molecular flexibility index (Phi) is 6.35. The molecule has 0 aromatic heterocycles. The molecule has 0 radical (unpaired) electrons. The minimum Gasteiger partial charge on any atom is -0.357 e. The molecule has 0 atom stereocenters. The van der Waals surface area contributed by atoms with Gasteiger partial charge in [-0.05, 0) is 35.5 Å². The highest BCUT2D eigenvalue weighted by Gasteiger charge is 2.07. The molecule has 0 bridgehead atoms. The number of nitro groups is 1. The van der Waals surface area contributed by atoms with E-state index in [9.17, 15) is 19.3 Å². The summed E-state index contributed by atoms with van der Waals surface area (Å²) in [4.78, 5) is 21.9. The van der Waals surface area contributed by atoms with Gasteiger partial charge in [0.2, 0.25) is 5.91 Å². The van der Waals surface area contributed by atoms with Crippen molar-refractivity contribution in [3.63, 3.8) is 0 Å². The summed E-state index contributed by atoms with van der Waals surface area (Å²) < 4.78 is 12.8. The van der Waals surface area contributed by atoms with Crippen LogP contribution in [0.25, 0.3) is 0 Å². The number of hydrazine groups is 1. The molecule has 0 aliphatic rings. The standard InChI is InChI=1S/C16H15FN4O3S/c17-13-5-1-12(2-6-13)10-18-16(25)20-19-15(22)9-11-3-7-14(8-4-11)21(23)24/h1-8H,9-10H2,(H,19,22)(H2,18,20,25). The molecule has 3 N–H and O–H groups in total. The molecule has 7 nitrogen and oxygen atoms in total. The summed E-state index contributed by atoms with van der Waals surface area (Å²) >= 11 is 5.02. The van der Waals surface area contributed by atoms with Crippen LogP contribution in [0.2, 0.25) is 0 Å². The van der Waals surface area contributed by atoms with Crippen LogP contribution in [-0.2, 0) is 17.8 Å². The van der Waals surface area contributed by atoms with Crippen LogP contribution in [0.1, 0.15) is 11.1 Å². The molecule has 2 rings (SSSR count). The van der Waals surface area contributed by atoms with Gasteiger partial charge in [-0.1, -0.05) is 24.3 Å². The Morgan fingerprint density at radius 1 is 1.04 bits per heavy atom. The van der Waals surface area contributed by atoms with Crippen molar-refractivity contribution in [1.82, 2.24) is 16.2 Å². The van der Waals surface area contributed by atoms with E-state index in [1.54, 1.807) is 12.1 Å². The molecule has 0 saturated heterocycles. The van der Waals surface area contributed by atoms with Gasteiger partial charge in [-0.3, -0.25) is 25.8 Å². The highest BCUT2D eigenvalue weighted by Crippen LogP contribution is 2.12. The molecule has 0 heterocycles. The third-order valence-corrected chi connectivity index (χ3v) is 3.44. The van der Waals surface area contributed by atoms with Crippen LogP contribution < -0.4 is 16.2 Å². The first-order chi connectivity index (χ1) is 11.9. The highest BCUT2D eigenvalue weighted by atomic mass is 32.1. The van der Waals surface area contributed by atoms with Crippen molar-refractivity contribution in [2.24, 2.45) is 0 Å². The van der Waals surface area contributed by atoms with Gasteiger partial charge >= 0.3 is 0 Å². The maximum absolute atomic E-state index is 12.8. The number of carbonyl (C=O) groups is 1. The van der Waals surface area contributed by atoms with Gasteiger partial charge in [-0.25, -0.2) is 4.39 Å². The van der Waals surface area contributed by atoms with E-state index in [0.717, 1.165) is 5.56 Å². The number of thiocarbonyl (C=S) groups is 1. The molecule has 0 fully saturated rings. The predicted molar refractivity (Wildman–Crippen MR) is 93.9 cm³/mol. The van der Waals surface area contributed by atoms with Crippen molar-refractivity contribution in [3.05, 3.63) is 75.6 Å². The van der Waals surface area contributed by atoms with E-state index in [2.05, 4.69) is 16.2 Å². The molecule has 0 saturated carbocycles. The number of nitrogens with zero attached hydrogens (tertiary/aromatic N) is 1. The average Bonchev–Trinajstić information content (AvgIpc) is 2.60. The largest absolute Gasteiger partial charge is 0.357 e. The molecule has 1 amide bonds. The fourth-order valence-corrected chi connectivity index (χ4v) is 2.04. The second-order valence-electron chi connectivity index (χ2n) is 5.08. The Morgan fingerprint density at radius 3 is 2.24 bits per heavy atom. The first-order valence-corrected chi connectivity index (χ1v) is 7.65. The van der Waals surface area contributed by atoms with Gasteiger partial charge in [0.25, 0.3) is 5.69 Å². The summed E-state index contributed by atoms with van der Waals surface area (Å²) in [5.41, 5.74) is 6.42. The molecule has 0 spiro atoms. The predicted octanol–water partition coefficient (Wildman–Crippen LogP) is 1.97. The number of hydrogen-bond acceptors (Lipinski definition) is 4. The normalized spacial score (nSPS) is 9.96. The van der Waals surface area contributed by atoms with Crippen LogP contribution in [0.5, 0.6) is 0 Å². The van der Waals surface area contributed by atoms with E-state index in [1.807, 2.05) is 0 Å². The number of amides is 1. The monoisotopic (exact) mass is 362 g/mol. The van der Waals surface area contributed by atoms with E-state index >= 15 is 0 Å². The maximum atomic E-state index is 12.8. The van der Waals surface area contributed by atoms with Gasteiger partial charge < -0.3 is 5.32 Å². The molecule has 9 heteroatoms. The first-order valence-electron chi connectivity index (χ1n) is 7.24. The van der Waals surface area contributed by atoms with Gasteiger partial charge in [0.1, 0.15) is 5.82 Å². The van der Waals surface area contributed by atoms with Crippen molar-refractivity contribution in [1.29, 1.82) is 0 Å². The topological polar surface area (TPSA) is 96.3 Å². The number of rotatable bonds is 5. The SMILES string of the molecule is O=C(Cc1ccc([N+](=O)[O-])cc1)NNC(=S)NCc1ccc(F)cc1. The minimum absolute atomic E-state index is 0.0338. The maximum Gasteiger partial charge on any atom is 0.269 e. The Balaban J connectivity index is 1.72. The number of nitro benzene ring substituents is 1. The Bertz CT molecular complexity index is 766. The minimum atomic E-state index is -0.503. The van der Waals surface area contributed by atoms with E-state index in [1.165, 1.54) is 36.4 Å². The van der Waals surface area contributed by atoms with Crippen molar-refractivity contribution in [3.8, 4) is 0 Å².